The standard InChI is InChI=1S/C8H18NO2.BrH/c1-3-10-6-4-9(2)5-7-11-8-9;/h3-8H2,1-2H3;1H/q+1;/p-1. The number of likely N-dealkylation sites (N-methyl/N-ethyl adjacent to an activating group) is 1. The molecule has 1 atom stereocenters. The van der Waals surface area contributed by atoms with Crippen LogP contribution in [0, 0.1) is 0 Å². The largest absolute Gasteiger partial charge is 1.00 e. The third-order valence-electron chi connectivity index (χ3n) is 2.16. The Morgan fingerprint density at radius 3 is 2.75 bits per heavy atom. The van der Waals surface area contributed by atoms with Crippen LogP contribution in [0.25, 0.3) is 0 Å². The van der Waals surface area contributed by atoms with Crippen LogP contribution in [0.4, 0.5) is 0 Å². The van der Waals surface area contributed by atoms with Gasteiger partial charge in [0, 0.05) is 6.61 Å². The second-order valence-electron chi connectivity index (χ2n) is 3.30. The van der Waals surface area contributed by atoms with Crippen molar-refractivity contribution in [1.82, 2.24) is 0 Å². The third-order valence-corrected chi connectivity index (χ3v) is 2.16. The van der Waals surface area contributed by atoms with Crippen molar-refractivity contribution in [3.63, 3.8) is 0 Å². The van der Waals surface area contributed by atoms with Crippen molar-refractivity contribution in [2.45, 2.75) is 6.92 Å². The molecule has 0 aromatic heterocycles. The van der Waals surface area contributed by atoms with Crippen molar-refractivity contribution < 1.29 is 30.9 Å². The summed E-state index contributed by atoms with van der Waals surface area (Å²) in [4.78, 5) is 0. The first kappa shape index (κ1) is 12.4. The molecular formula is C8H18BrNO2. The van der Waals surface area contributed by atoms with Crippen LogP contribution < -0.4 is 17.0 Å². The Morgan fingerprint density at radius 1 is 1.50 bits per heavy atom. The van der Waals surface area contributed by atoms with Gasteiger partial charge >= 0.3 is 0 Å². The second-order valence-corrected chi connectivity index (χ2v) is 3.30. The lowest BCUT2D eigenvalue weighted by Gasteiger charge is -2.26. The van der Waals surface area contributed by atoms with Gasteiger partial charge in [-0.2, -0.15) is 0 Å². The molecule has 0 radical (unpaired) electrons. The van der Waals surface area contributed by atoms with Gasteiger partial charge in [-0.05, 0) is 6.92 Å². The molecule has 0 saturated carbocycles. The summed E-state index contributed by atoms with van der Waals surface area (Å²) in [6.45, 7) is 7.67. The number of ether oxygens (including phenoxy) is 2. The fraction of sp³-hybridized carbons (Fsp3) is 1.00. The Kier molecular flexibility index (Phi) is 6.09. The van der Waals surface area contributed by atoms with Crippen molar-refractivity contribution in [3.05, 3.63) is 0 Å². The molecule has 0 amide bonds. The zero-order chi connectivity index (χ0) is 8.16. The average molecular weight is 240 g/mol. The van der Waals surface area contributed by atoms with E-state index in [-0.39, 0.29) is 17.0 Å². The zero-order valence-corrected chi connectivity index (χ0v) is 9.47. The Balaban J connectivity index is 0.00000121. The molecule has 1 rings (SSSR count). The number of rotatable bonds is 4. The molecule has 0 aromatic carbocycles. The maximum atomic E-state index is 5.31. The lowest BCUT2D eigenvalue weighted by molar-refractivity contribution is -0.906. The number of hydrogen-bond donors (Lipinski definition) is 0. The molecule has 12 heavy (non-hydrogen) atoms. The molecule has 1 aliphatic rings. The summed E-state index contributed by atoms with van der Waals surface area (Å²) in [5.41, 5.74) is 0. The summed E-state index contributed by atoms with van der Waals surface area (Å²) in [6.07, 6.45) is 0. The maximum absolute atomic E-state index is 5.31. The summed E-state index contributed by atoms with van der Waals surface area (Å²) in [6, 6.07) is 0. The summed E-state index contributed by atoms with van der Waals surface area (Å²) in [5, 5.41) is 0. The molecule has 1 unspecified atom stereocenters. The highest BCUT2D eigenvalue weighted by molar-refractivity contribution is 4.41. The van der Waals surface area contributed by atoms with E-state index >= 15 is 0 Å². The fourth-order valence-corrected chi connectivity index (χ4v) is 1.24. The van der Waals surface area contributed by atoms with Crippen molar-refractivity contribution >= 4 is 0 Å². The number of hydrogen-bond acceptors (Lipinski definition) is 2. The van der Waals surface area contributed by atoms with Crippen molar-refractivity contribution in [3.8, 4) is 0 Å². The number of quaternary nitrogens is 1. The zero-order valence-electron chi connectivity index (χ0n) is 7.88. The molecule has 0 spiro atoms. The van der Waals surface area contributed by atoms with Crippen LogP contribution in [0.15, 0.2) is 0 Å². The SMILES string of the molecule is CCOCC[N+]1(C)CCOC1.[Br-]. The summed E-state index contributed by atoms with van der Waals surface area (Å²) >= 11 is 0. The van der Waals surface area contributed by atoms with E-state index in [1.807, 2.05) is 6.92 Å². The maximum Gasteiger partial charge on any atom is 0.183 e. The topological polar surface area (TPSA) is 18.5 Å². The lowest BCUT2D eigenvalue weighted by Crippen LogP contribution is -3.00. The Labute approximate surface area is 85.0 Å². The molecule has 3 nitrogen and oxygen atoms in total. The van der Waals surface area contributed by atoms with Crippen molar-refractivity contribution in [1.29, 1.82) is 0 Å². The minimum atomic E-state index is 0. The van der Waals surface area contributed by atoms with Gasteiger partial charge in [-0.1, -0.05) is 0 Å². The van der Waals surface area contributed by atoms with Gasteiger partial charge in [0.05, 0.1) is 13.7 Å². The van der Waals surface area contributed by atoms with Gasteiger partial charge in [0.15, 0.2) is 6.73 Å². The molecule has 4 heteroatoms. The fourth-order valence-electron chi connectivity index (χ4n) is 1.24. The minimum absolute atomic E-state index is 0. The molecule has 0 aliphatic carbocycles. The summed E-state index contributed by atoms with van der Waals surface area (Å²) < 4.78 is 11.6. The van der Waals surface area contributed by atoms with Gasteiger partial charge in [-0.25, -0.2) is 0 Å². The normalized spacial score (nSPS) is 28.5. The highest BCUT2D eigenvalue weighted by atomic mass is 79.9. The van der Waals surface area contributed by atoms with Crippen molar-refractivity contribution in [2.75, 3.05) is 46.7 Å². The first-order chi connectivity index (χ1) is 5.27. The molecule has 1 fully saturated rings. The van der Waals surface area contributed by atoms with E-state index in [1.165, 1.54) is 0 Å². The van der Waals surface area contributed by atoms with Crippen LogP contribution in [0.2, 0.25) is 0 Å². The predicted octanol–water partition coefficient (Wildman–Crippen LogP) is -2.54. The number of nitrogens with zero attached hydrogens (tertiary/aromatic N) is 1. The van der Waals surface area contributed by atoms with Crippen molar-refractivity contribution in [2.24, 2.45) is 0 Å². The van der Waals surface area contributed by atoms with Gasteiger partial charge in [-0.15, -0.1) is 0 Å². The first-order valence-corrected chi connectivity index (χ1v) is 4.26. The van der Waals surface area contributed by atoms with Crippen LogP contribution in [-0.2, 0) is 9.47 Å². The Morgan fingerprint density at radius 2 is 2.25 bits per heavy atom. The van der Waals surface area contributed by atoms with Gasteiger partial charge in [0.25, 0.3) is 0 Å². The molecule has 74 valence electrons. The second kappa shape index (κ2) is 5.91. The van der Waals surface area contributed by atoms with Crippen LogP contribution in [0.1, 0.15) is 6.92 Å². The molecule has 1 heterocycles. The Hall–Kier alpha value is 0.360. The summed E-state index contributed by atoms with van der Waals surface area (Å²) in [7, 11) is 2.21. The average Bonchev–Trinajstić information content (AvgIpc) is 2.38. The van der Waals surface area contributed by atoms with Crippen LogP contribution in [0.5, 0.6) is 0 Å². The molecule has 0 N–H and O–H groups in total. The highest BCUT2D eigenvalue weighted by Crippen LogP contribution is 2.08. The summed E-state index contributed by atoms with van der Waals surface area (Å²) in [5.74, 6) is 0. The van der Waals surface area contributed by atoms with E-state index < -0.39 is 0 Å². The van der Waals surface area contributed by atoms with Gasteiger partial charge in [0.1, 0.15) is 19.7 Å². The monoisotopic (exact) mass is 239 g/mol. The molecule has 0 bridgehead atoms. The van der Waals surface area contributed by atoms with Crippen LogP contribution in [-0.4, -0.2) is 51.2 Å². The molecular weight excluding hydrogens is 222 g/mol. The van der Waals surface area contributed by atoms with E-state index in [4.69, 9.17) is 9.47 Å². The minimum Gasteiger partial charge on any atom is -1.00 e. The first-order valence-electron chi connectivity index (χ1n) is 4.26. The predicted molar refractivity (Wildman–Crippen MR) is 43.2 cm³/mol. The third kappa shape index (κ3) is 3.85. The van der Waals surface area contributed by atoms with Crippen LogP contribution in [0.3, 0.4) is 0 Å². The molecule has 1 saturated heterocycles. The van der Waals surface area contributed by atoms with E-state index in [0.717, 1.165) is 44.1 Å². The quantitative estimate of drug-likeness (QED) is 0.398. The Bertz CT molecular complexity index is 116. The van der Waals surface area contributed by atoms with Gasteiger partial charge in [0.2, 0.25) is 0 Å². The van der Waals surface area contributed by atoms with E-state index in [9.17, 15) is 0 Å². The molecule has 1 aliphatic heterocycles. The highest BCUT2D eigenvalue weighted by Gasteiger charge is 2.26. The van der Waals surface area contributed by atoms with Gasteiger partial charge < -0.3 is 26.5 Å². The smallest absolute Gasteiger partial charge is 0.183 e. The number of halogens is 1. The van der Waals surface area contributed by atoms with E-state index in [1.54, 1.807) is 0 Å². The van der Waals surface area contributed by atoms with Gasteiger partial charge in [-0.3, -0.25) is 4.48 Å². The van der Waals surface area contributed by atoms with Crippen LogP contribution >= 0.6 is 0 Å². The van der Waals surface area contributed by atoms with E-state index in [0.29, 0.717) is 0 Å². The lowest BCUT2D eigenvalue weighted by atomic mass is 10.4. The molecule has 0 aromatic rings. The van der Waals surface area contributed by atoms with E-state index in [2.05, 4.69) is 7.05 Å².